The zero-order valence-electron chi connectivity index (χ0n) is 7.68. The van der Waals surface area contributed by atoms with Gasteiger partial charge in [0.2, 0.25) is 0 Å². The normalized spacial score (nSPS) is 26.4. The molecule has 0 saturated heterocycles. The maximum absolute atomic E-state index is 9.58. The van der Waals surface area contributed by atoms with Crippen LogP contribution in [0.15, 0.2) is 24.0 Å². The van der Waals surface area contributed by atoms with E-state index in [1.54, 1.807) is 6.08 Å². The van der Waals surface area contributed by atoms with Gasteiger partial charge in [0, 0.05) is 5.41 Å². The molecule has 62 valence electrons. The maximum atomic E-state index is 9.58. The van der Waals surface area contributed by atoms with Crippen molar-refractivity contribution in [2.24, 2.45) is 10.8 Å². The van der Waals surface area contributed by atoms with Gasteiger partial charge in [0.15, 0.2) is 0 Å². The molecule has 1 aliphatic rings. The lowest BCUT2D eigenvalue weighted by Gasteiger charge is -2.40. The van der Waals surface area contributed by atoms with E-state index in [9.17, 15) is 5.11 Å². The van der Waals surface area contributed by atoms with E-state index in [0.717, 1.165) is 0 Å². The van der Waals surface area contributed by atoms with Crippen molar-refractivity contribution in [3.63, 3.8) is 0 Å². The number of hydrogen-bond donors (Lipinski definition) is 1. The van der Waals surface area contributed by atoms with Crippen LogP contribution >= 0.6 is 0 Å². The average Bonchev–Trinajstić information content (AvgIpc) is 1.84. The fourth-order valence-corrected chi connectivity index (χ4v) is 1.13. The third-order valence-corrected chi connectivity index (χ3v) is 3.02. The highest BCUT2D eigenvalue weighted by atomic mass is 16.3. The average molecular weight is 152 g/mol. The van der Waals surface area contributed by atoms with Crippen LogP contribution in [-0.4, -0.2) is 5.11 Å². The number of aliphatic hydroxyl groups is 1. The summed E-state index contributed by atoms with van der Waals surface area (Å²) >= 11 is 0. The summed E-state index contributed by atoms with van der Waals surface area (Å²) < 4.78 is 0. The molecule has 1 aliphatic carbocycles. The lowest BCUT2D eigenvalue weighted by atomic mass is 9.65. The minimum atomic E-state index is -0.137. The topological polar surface area (TPSA) is 20.2 Å². The van der Waals surface area contributed by atoms with Crippen molar-refractivity contribution >= 4 is 0 Å². The van der Waals surface area contributed by atoms with Gasteiger partial charge in [-0.15, -0.1) is 0 Å². The first-order chi connectivity index (χ1) is 4.88. The lowest BCUT2D eigenvalue weighted by molar-refractivity contribution is 0.135. The quantitative estimate of drug-likeness (QED) is 0.565. The molecule has 0 unspecified atom stereocenters. The summed E-state index contributed by atoms with van der Waals surface area (Å²) in [5.41, 5.74) is -0.0897. The van der Waals surface area contributed by atoms with E-state index in [0.29, 0.717) is 5.76 Å². The minimum absolute atomic E-state index is 0.0475. The van der Waals surface area contributed by atoms with Crippen LogP contribution in [0.2, 0.25) is 0 Å². The van der Waals surface area contributed by atoms with Crippen molar-refractivity contribution in [2.45, 2.75) is 27.7 Å². The van der Waals surface area contributed by atoms with Crippen LogP contribution in [0.25, 0.3) is 0 Å². The lowest BCUT2D eigenvalue weighted by Crippen LogP contribution is -2.34. The first-order valence-electron chi connectivity index (χ1n) is 3.97. The van der Waals surface area contributed by atoms with Gasteiger partial charge in [-0.3, -0.25) is 0 Å². The predicted octanol–water partition coefficient (Wildman–Crippen LogP) is 3.05. The van der Waals surface area contributed by atoms with Crippen LogP contribution in [0.1, 0.15) is 27.7 Å². The van der Waals surface area contributed by atoms with Gasteiger partial charge in [-0.05, 0) is 11.5 Å². The Bertz CT molecular complexity index is 219. The highest BCUT2D eigenvalue weighted by Gasteiger charge is 2.39. The third-order valence-electron chi connectivity index (χ3n) is 3.02. The van der Waals surface area contributed by atoms with Crippen molar-refractivity contribution in [3.05, 3.63) is 24.0 Å². The first-order valence-corrected chi connectivity index (χ1v) is 3.97. The molecular formula is C10H16O. The highest BCUT2D eigenvalue weighted by Crippen LogP contribution is 2.46. The molecule has 0 amide bonds. The summed E-state index contributed by atoms with van der Waals surface area (Å²) in [7, 11) is 0. The monoisotopic (exact) mass is 152 g/mol. The van der Waals surface area contributed by atoms with E-state index in [1.807, 2.05) is 6.08 Å². The fraction of sp³-hybridized carbons (Fsp3) is 0.600. The Labute approximate surface area is 68.4 Å². The van der Waals surface area contributed by atoms with Crippen LogP contribution in [0, 0.1) is 10.8 Å². The van der Waals surface area contributed by atoms with E-state index in [4.69, 9.17) is 0 Å². The fourth-order valence-electron chi connectivity index (χ4n) is 1.13. The molecule has 0 radical (unpaired) electrons. The van der Waals surface area contributed by atoms with Crippen LogP contribution in [0.4, 0.5) is 0 Å². The summed E-state index contributed by atoms with van der Waals surface area (Å²) in [6.45, 7) is 8.38. The molecule has 1 N–H and O–H groups in total. The molecular weight excluding hydrogens is 136 g/mol. The molecule has 0 aliphatic heterocycles. The van der Waals surface area contributed by atoms with Crippen molar-refractivity contribution in [3.8, 4) is 0 Å². The summed E-state index contributed by atoms with van der Waals surface area (Å²) in [4.78, 5) is 0. The van der Waals surface area contributed by atoms with Crippen molar-refractivity contribution in [2.75, 3.05) is 0 Å². The second-order valence-electron chi connectivity index (χ2n) is 4.26. The van der Waals surface area contributed by atoms with Crippen LogP contribution in [0.5, 0.6) is 0 Å². The molecule has 0 aromatic rings. The molecule has 0 aromatic heterocycles. The largest absolute Gasteiger partial charge is 0.512 e. The number of aliphatic hydroxyl groups excluding tert-OH is 1. The highest BCUT2D eigenvalue weighted by molar-refractivity contribution is 5.25. The Morgan fingerprint density at radius 3 is 2.09 bits per heavy atom. The Balaban J connectivity index is 3.09. The van der Waals surface area contributed by atoms with Crippen LogP contribution < -0.4 is 0 Å². The summed E-state index contributed by atoms with van der Waals surface area (Å²) in [6.07, 6.45) is 5.82. The Hall–Kier alpha value is -0.720. The summed E-state index contributed by atoms with van der Waals surface area (Å²) in [5.74, 6) is 0.477. The van der Waals surface area contributed by atoms with Crippen molar-refractivity contribution in [1.29, 1.82) is 0 Å². The van der Waals surface area contributed by atoms with Gasteiger partial charge in [0.1, 0.15) is 0 Å². The SMILES string of the molecule is CC1(C)C=CC=C(O)C1(C)C. The second kappa shape index (κ2) is 2.13. The second-order valence-corrected chi connectivity index (χ2v) is 4.26. The van der Waals surface area contributed by atoms with Crippen LogP contribution in [0.3, 0.4) is 0 Å². The molecule has 0 heterocycles. The Morgan fingerprint density at radius 2 is 1.73 bits per heavy atom. The minimum Gasteiger partial charge on any atom is -0.512 e. The van der Waals surface area contributed by atoms with Crippen LogP contribution in [-0.2, 0) is 0 Å². The summed E-state index contributed by atoms with van der Waals surface area (Å²) in [6, 6.07) is 0. The molecule has 1 nitrogen and oxygen atoms in total. The summed E-state index contributed by atoms with van der Waals surface area (Å²) in [5, 5.41) is 9.58. The molecule has 0 spiro atoms. The maximum Gasteiger partial charge on any atom is 0.0986 e. The van der Waals surface area contributed by atoms with Gasteiger partial charge in [0.25, 0.3) is 0 Å². The van der Waals surface area contributed by atoms with Gasteiger partial charge in [-0.2, -0.15) is 0 Å². The predicted molar refractivity (Wildman–Crippen MR) is 47.4 cm³/mol. The standard InChI is InChI=1S/C10H16O/c1-9(2)7-5-6-8(11)10(9,3)4/h5-7,11H,1-4H3. The van der Waals surface area contributed by atoms with E-state index >= 15 is 0 Å². The van der Waals surface area contributed by atoms with Crippen molar-refractivity contribution in [1.82, 2.24) is 0 Å². The van der Waals surface area contributed by atoms with E-state index in [1.165, 1.54) is 0 Å². The van der Waals surface area contributed by atoms with Gasteiger partial charge in [-0.1, -0.05) is 39.8 Å². The molecule has 0 atom stereocenters. The molecule has 1 rings (SSSR count). The van der Waals surface area contributed by atoms with E-state index in [-0.39, 0.29) is 10.8 Å². The number of hydrogen-bond acceptors (Lipinski definition) is 1. The van der Waals surface area contributed by atoms with Gasteiger partial charge in [-0.25, -0.2) is 0 Å². The molecule has 0 saturated carbocycles. The Kier molecular flexibility index (Phi) is 1.62. The molecule has 0 bridgehead atoms. The molecule has 11 heavy (non-hydrogen) atoms. The van der Waals surface area contributed by atoms with Crippen molar-refractivity contribution < 1.29 is 5.11 Å². The smallest absolute Gasteiger partial charge is 0.0986 e. The molecule has 0 aromatic carbocycles. The molecule has 0 fully saturated rings. The third kappa shape index (κ3) is 1.09. The van der Waals surface area contributed by atoms with Gasteiger partial charge >= 0.3 is 0 Å². The van der Waals surface area contributed by atoms with E-state index in [2.05, 4.69) is 33.8 Å². The number of rotatable bonds is 0. The first kappa shape index (κ1) is 8.38. The van der Waals surface area contributed by atoms with Gasteiger partial charge < -0.3 is 5.11 Å². The number of allylic oxidation sites excluding steroid dienone is 4. The zero-order valence-corrected chi connectivity index (χ0v) is 7.68. The zero-order chi connectivity index (χ0) is 8.70. The molecule has 1 heteroatoms. The Morgan fingerprint density at radius 1 is 1.18 bits per heavy atom. The van der Waals surface area contributed by atoms with Gasteiger partial charge in [0.05, 0.1) is 5.76 Å². The van der Waals surface area contributed by atoms with E-state index < -0.39 is 0 Å².